The summed E-state index contributed by atoms with van der Waals surface area (Å²) < 4.78 is 1.93. The molecule has 0 fully saturated rings. The Bertz CT molecular complexity index is 300. The van der Waals surface area contributed by atoms with E-state index in [1.54, 1.807) is 6.20 Å². The zero-order valence-corrected chi connectivity index (χ0v) is 7.46. The molecule has 1 aromatic heterocycles. The molecule has 0 radical (unpaired) electrons. The van der Waals surface area contributed by atoms with Crippen molar-refractivity contribution in [3.63, 3.8) is 0 Å². The fourth-order valence-electron chi connectivity index (χ4n) is 1.50. The number of nitrogens with two attached hydrogens (primary N) is 1. The smallest absolute Gasteiger partial charge is 0.147 e. The molecule has 0 bridgehead atoms. The third-order valence-electron chi connectivity index (χ3n) is 2.18. The number of fused-ring (bicyclic) bond motifs is 1. The van der Waals surface area contributed by atoms with E-state index < -0.39 is 0 Å². The van der Waals surface area contributed by atoms with E-state index in [1.807, 2.05) is 4.68 Å². The lowest BCUT2D eigenvalue weighted by Crippen LogP contribution is -2.34. The number of nitrogens with one attached hydrogen (secondary N) is 1. The number of aromatic nitrogens is 2. The molecule has 2 rings (SSSR count). The van der Waals surface area contributed by atoms with Gasteiger partial charge in [0, 0.05) is 12.0 Å². The SMILES string of the molecule is CC1(C)CNc2c(N)cnn2C1. The maximum Gasteiger partial charge on any atom is 0.147 e. The zero-order chi connectivity index (χ0) is 8.77. The zero-order valence-electron chi connectivity index (χ0n) is 7.46. The van der Waals surface area contributed by atoms with Crippen LogP contribution >= 0.6 is 0 Å². The van der Waals surface area contributed by atoms with Gasteiger partial charge in [0.1, 0.15) is 5.82 Å². The van der Waals surface area contributed by atoms with E-state index in [0.717, 1.165) is 24.6 Å². The molecule has 0 aliphatic carbocycles. The second-order valence-corrected chi connectivity index (χ2v) is 4.12. The van der Waals surface area contributed by atoms with Gasteiger partial charge in [0.2, 0.25) is 0 Å². The van der Waals surface area contributed by atoms with Crippen LogP contribution in [-0.4, -0.2) is 16.3 Å². The Labute approximate surface area is 71.7 Å². The van der Waals surface area contributed by atoms with Crippen LogP contribution in [0, 0.1) is 5.41 Å². The van der Waals surface area contributed by atoms with Crippen LogP contribution in [0.2, 0.25) is 0 Å². The lowest BCUT2D eigenvalue weighted by Gasteiger charge is -2.31. The molecular weight excluding hydrogens is 152 g/mol. The fourth-order valence-corrected chi connectivity index (χ4v) is 1.50. The summed E-state index contributed by atoms with van der Waals surface area (Å²) in [4.78, 5) is 0. The summed E-state index contributed by atoms with van der Waals surface area (Å²) in [6.07, 6.45) is 1.70. The van der Waals surface area contributed by atoms with Gasteiger partial charge in [0.15, 0.2) is 0 Å². The van der Waals surface area contributed by atoms with Gasteiger partial charge in [-0.2, -0.15) is 5.10 Å². The molecule has 0 saturated carbocycles. The Morgan fingerprint density at radius 3 is 3.17 bits per heavy atom. The minimum absolute atomic E-state index is 0.269. The van der Waals surface area contributed by atoms with Gasteiger partial charge in [-0.3, -0.25) is 0 Å². The van der Waals surface area contributed by atoms with Crippen molar-refractivity contribution >= 4 is 11.5 Å². The van der Waals surface area contributed by atoms with Crippen LogP contribution in [0.4, 0.5) is 11.5 Å². The first-order valence-corrected chi connectivity index (χ1v) is 4.14. The van der Waals surface area contributed by atoms with Gasteiger partial charge in [-0.25, -0.2) is 4.68 Å². The van der Waals surface area contributed by atoms with Crippen LogP contribution in [0.3, 0.4) is 0 Å². The number of rotatable bonds is 0. The monoisotopic (exact) mass is 166 g/mol. The van der Waals surface area contributed by atoms with E-state index in [2.05, 4.69) is 24.3 Å². The Morgan fingerprint density at radius 1 is 1.67 bits per heavy atom. The molecule has 1 aliphatic heterocycles. The van der Waals surface area contributed by atoms with Gasteiger partial charge in [-0.05, 0) is 0 Å². The Kier molecular flexibility index (Phi) is 1.34. The first kappa shape index (κ1) is 7.46. The maximum absolute atomic E-state index is 5.70. The molecule has 66 valence electrons. The van der Waals surface area contributed by atoms with Crippen molar-refractivity contribution in [1.29, 1.82) is 0 Å². The summed E-state index contributed by atoms with van der Waals surface area (Å²) in [5.41, 5.74) is 6.71. The Balaban J connectivity index is 2.37. The van der Waals surface area contributed by atoms with Crippen LogP contribution in [0.15, 0.2) is 6.20 Å². The number of anilines is 2. The molecule has 0 spiro atoms. The van der Waals surface area contributed by atoms with Crippen molar-refractivity contribution < 1.29 is 0 Å². The summed E-state index contributed by atoms with van der Waals surface area (Å²) in [7, 11) is 0. The molecule has 4 nitrogen and oxygen atoms in total. The second kappa shape index (κ2) is 2.15. The Morgan fingerprint density at radius 2 is 2.42 bits per heavy atom. The highest BCUT2D eigenvalue weighted by atomic mass is 15.4. The standard InChI is InChI=1S/C8H14N4/c1-8(2)4-10-7-6(9)3-11-12(7)5-8/h3,10H,4-5,9H2,1-2H3. The van der Waals surface area contributed by atoms with Crippen LogP contribution in [0.5, 0.6) is 0 Å². The highest BCUT2D eigenvalue weighted by Gasteiger charge is 2.26. The van der Waals surface area contributed by atoms with Crippen molar-refractivity contribution in [2.75, 3.05) is 17.6 Å². The number of hydrogen-bond donors (Lipinski definition) is 2. The lowest BCUT2D eigenvalue weighted by molar-refractivity contribution is 0.294. The van der Waals surface area contributed by atoms with Crippen molar-refractivity contribution in [1.82, 2.24) is 9.78 Å². The first-order valence-electron chi connectivity index (χ1n) is 4.14. The van der Waals surface area contributed by atoms with Crippen molar-refractivity contribution in [3.05, 3.63) is 6.20 Å². The van der Waals surface area contributed by atoms with Crippen molar-refractivity contribution in [2.45, 2.75) is 20.4 Å². The highest BCUT2D eigenvalue weighted by molar-refractivity contribution is 5.61. The molecule has 0 atom stereocenters. The van der Waals surface area contributed by atoms with Crippen LogP contribution < -0.4 is 11.1 Å². The average molecular weight is 166 g/mol. The van der Waals surface area contributed by atoms with E-state index in [-0.39, 0.29) is 5.41 Å². The van der Waals surface area contributed by atoms with E-state index >= 15 is 0 Å². The van der Waals surface area contributed by atoms with Gasteiger partial charge >= 0.3 is 0 Å². The largest absolute Gasteiger partial charge is 0.394 e. The third-order valence-corrected chi connectivity index (χ3v) is 2.18. The fraction of sp³-hybridized carbons (Fsp3) is 0.625. The molecule has 4 heteroatoms. The molecule has 12 heavy (non-hydrogen) atoms. The molecule has 0 saturated heterocycles. The Hall–Kier alpha value is -1.19. The minimum Gasteiger partial charge on any atom is -0.394 e. The lowest BCUT2D eigenvalue weighted by atomic mass is 9.92. The van der Waals surface area contributed by atoms with Gasteiger partial charge < -0.3 is 11.1 Å². The topological polar surface area (TPSA) is 55.9 Å². The molecule has 0 aromatic carbocycles. The predicted molar refractivity (Wildman–Crippen MR) is 48.9 cm³/mol. The predicted octanol–water partition coefficient (Wildman–Crippen LogP) is 0.917. The molecule has 2 heterocycles. The van der Waals surface area contributed by atoms with Gasteiger partial charge in [-0.1, -0.05) is 13.8 Å². The van der Waals surface area contributed by atoms with E-state index in [1.165, 1.54) is 0 Å². The summed E-state index contributed by atoms with van der Waals surface area (Å²) in [6.45, 7) is 6.32. The van der Waals surface area contributed by atoms with Gasteiger partial charge in [0.05, 0.1) is 18.4 Å². The summed E-state index contributed by atoms with van der Waals surface area (Å²) >= 11 is 0. The normalized spacial score (nSPS) is 19.8. The van der Waals surface area contributed by atoms with E-state index in [4.69, 9.17) is 5.73 Å². The highest BCUT2D eigenvalue weighted by Crippen LogP contribution is 2.29. The molecular formula is C8H14N4. The summed E-state index contributed by atoms with van der Waals surface area (Å²) in [5, 5.41) is 7.46. The molecule has 3 N–H and O–H groups in total. The summed E-state index contributed by atoms with van der Waals surface area (Å²) in [5.74, 6) is 0.967. The molecule has 0 unspecified atom stereocenters. The van der Waals surface area contributed by atoms with Crippen LogP contribution in [0.1, 0.15) is 13.8 Å². The number of nitrogen functional groups attached to an aromatic ring is 1. The molecule has 1 aliphatic rings. The van der Waals surface area contributed by atoms with Gasteiger partial charge in [-0.15, -0.1) is 0 Å². The van der Waals surface area contributed by atoms with Crippen LogP contribution in [0.25, 0.3) is 0 Å². The maximum atomic E-state index is 5.70. The first-order chi connectivity index (χ1) is 5.58. The average Bonchev–Trinajstić information content (AvgIpc) is 2.30. The quantitative estimate of drug-likeness (QED) is 0.602. The van der Waals surface area contributed by atoms with E-state index in [0.29, 0.717) is 0 Å². The number of hydrogen-bond acceptors (Lipinski definition) is 3. The minimum atomic E-state index is 0.269. The second-order valence-electron chi connectivity index (χ2n) is 4.12. The van der Waals surface area contributed by atoms with Gasteiger partial charge in [0.25, 0.3) is 0 Å². The van der Waals surface area contributed by atoms with Crippen molar-refractivity contribution in [2.24, 2.45) is 5.41 Å². The third kappa shape index (κ3) is 1.03. The van der Waals surface area contributed by atoms with E-state index in [9.17, 15) is 0 Å². The summed E-state index contributed by atoms with van der Waals surface area (Å²) in [6, 6.07) is 0. The van der Waals surface area contributed by atoms with Crippen molar-refractivity contribution in [3.8, 4) is 0 Å². The van der Waals surface area contributed by atoms with Crippen LogP contribution in [-0.2, 0) is 6.54 Å². The number of nitrogens with zero attached hydrogens (tertiary/aromatic N) is 2. The molecule has 1 aromatic rings. The molecule has 0 amide bonds.